The second-order valence-electron chi connectivity index (χ2n) is 3.81. The average Bonchev–Trinajstić information content (AvgIpc) is 2.85. The molecule has 1 aromatic rings. The summed E-state index contributed by atoms with van der Waals surface area (Å²) >= 11 is 1.62. The van der Waals surface area contributed by atoms with Crippen LogP contribution in [0, 0.1) is 6.92 Å². The summed E-state index contributed by atoms with van der Waals surface area (Å²) in [4.78, 5) is 8.97. The SMILES string of the molecule is Cc1nc(C(=NC2CCCC2)NN)cs1. The van der Waals surface area contributed by atoms with E-state index in [-0.39, 0.29) is 0 Å². The lowest BCUT2D eigenvalue weighted by atomic mass is 10.2. The summed E-state index contributed by atoms with van der Waals surface area (Å²) in [7, 11) is 0. The minimum absolute atomic E-state index is 0.429. The molecule has 1 heterocycles. The monoisotopic (exact) mass is 224 g/mol. The Hall–Kier alpha value is -0.940. The van der Waals surface area contributed by atoms with E-state index in [0.717, 1.165) is 16.5 Å². The molecular formula is C10H16N4S. The summed E-state index contributed by atoms with van der Waals surface area (Å²) in [5.74, 6) is 6.20. The summed E-state index contributed by atoms with van der Waals surface area (Å²) in [5, 5.41) is 3.03. The van der Waals surface area contributed by atoms with E-state index in [1.54, 1.807) is 11.3 Å². The summed E-state index contributed by atoms with van der Waals surface area (Å²) in [5.41, 5.74) is 3.52. The first-order valence-corrected chi connectivity index (χ1v) is 6.14. The molecule has 1 aromatic heterocycles. The van der Waals surface area contributed by atoms with Crippen LogP contribution in [0.15, 0.2) is 10.4 Å². The van der Waals surface area contributed by atoms with Crippen LogP contribution in [0.2, 0.25) is 0 Å². The van der Waals surface area contributed by atoms with E-state index in [1.807, 2.05) is 12.3 Å². The maximum Gasteiger partial charge on any atom is 0.162 e. The zero-order valence-corrected chi connectivity index (χ0v) is 9.68. The Morgan fingerprint density at radius 1 is 1.60 bits per heavy atom. The van der Waals surface area contributed by atoms with Gasteiger partial charge in [-0.3, -0.25) is 4.99 Å². The number of rotatable bonds is 2. The highest BCUT2D eigenvalue weighted by atomic mass is 32.1. The van der Waals surface area contributed by atoms with Gasteiger partial charge in [-0.15, -0.1) is 11.3 Å². The van der Waals surface area contributed by atoms with E-state index in [0.29, 0.717) is 6.04 Å². The smallest absolute Gasteiger partial charge is 0.162 e. The van der Waals surface area contributed by atoms with E-state index in [1.165, 1.54) is 25.7 Å². The number of aryl methyl sites for hydroxylation is 1. The van der Waals surface area contributed by atoms with Crippen molar-refractivity contribution >= 4 is 17.2 Å². The fourth-order valence-corrected chi connectivity index (χ4v) is 2.46. The van der Waals surface area contributed by atoms with E-state index >= 15 is 0 Å². The van der Waals surface area contributed by atoms with E-state index in [9.17, 15) is 0 Å². The molecule has 0 bridgehead atoms. The van der Waals surface area contributed by atoms with Gasteiger partial charge in [-0.2, -0.15) is 0 Å². The Kier molecular flexibility index (Phi) is 3.33. The van der Waals surface area contributed by atoms with Crippen molar-refractivity contribution in [1.29, 1.82) is 0 Å². The summed E-state index contributed by atoms with van der Waals surface area (Å²) in [6.07, 6.45) is 4.91. The molecule has 0 aliphatic heterocycles. The number of nitrogens with two attached hydrogens (primary N) is 1. The third-order valence-corrected chi connectivity index (χ3v) is 3.41. The Balaban J connectivity index is 2.15. The molecule has 5 heteroatoms. The van der Waals surface area contributed by atoms with Crippen LogP contribution in [0.25, 0.3) is 0 Å². The standard InChI is InChI=1S/C10H16N4S/c1-7-12-9(6-15-7)10(14-11)13-8-4-2-3-5-8/h6,8H,2-5,11H2,1H3,(H,13,14). The third kappa shape index (κ3) is 2.54. The van der Waals surface area contributed by atoms with Crippen molar-refractivity contribution in [2.45, 2.75) is 38.6 Å². The number of aromatic nitrogens is 1. The fraction of sp³-hybridized carbons (Fsp3) is 0.600. The van der Waals surface area contributed by atoms with Crippen LogP contribution in [0.1, 0.15) is 36.4 Å². The normalized spacial score (nSPS) is 18.4. The zero-order chi connectivity index (χ0) is 10.7. The predicted octanol–water partition coefficient (Wildman–Crippen LogP) is 1.60. The van der Waals surface area contributed by atoms with Crippen LogP contribution in [-0.2, 0) is 0 Å². The topological polar surface area (TPSA) is 63.3 Å². The number of amidine groups is 1. The van der Waals surface area contributed by atoms with E-state index in [4.69, 9.17) is 5.84 Å². The molecule has 0 radical (unpaired) electrons. The number of nitrogens with one attached hydrogen (secondary N) is 1. The number of hydrazine groups is 1. The first-order chi connectivity index (χ1) is 7.29. The molecule has 1 saturated carbocycles. The summed E-state index contributed by atoms with van der Waals surface area (Å²) in [6, 6.07) is 0.429. The molecule has 82 valence electrons. The lowest BCUT2D eigenvalue weighted by Crippen LogP contribution is -2.32. The second kappa shape index (κ2) is 4.72. The third-order valence-electron chi connectivity index (χ3n) is 2.63. The highest BCUT2D eigenvalue weighted by Gasteiger charge is 2.15. The van der Waals surface area contributed by atoms with E-state index in [2.05, 4.69) is 15.4 Å². The minimum Gasteiger partial charge on any atom is -0.307 e. The average molecular weight is 224 g/mol. The van der Waals surface area contributed by atoms with Gasteiger partial charge in [0, 0.05) is 5.38 Å². The first kappa shape index (κ1) is 10.6. The van der Waals surface area contributed by atoms with Gasteiger partial charge in [0.25, 0.3) is 0 Å². The van der Waals surface area contributed by atoms with Gasteiger partial charge in [-0.25, -0.2) is 10.8 Å². The molecule has 4 nitrogen and oxygen atoms in total. The molecule has 2 rings (SSSR count). The Bertz CT molecular complexity index is 352. The fourth-order valence-electron chi connectivity index (χ4n) is 1.87. The van der Waals surface area contributed by atoms with Crippen LogP contribution in [-0.4, -0.2) is 16.9 Å². The molecule has 0 spiro atoms. The molecule has 0 atom stereocenters. The molecular weight excluding hydrogens is 208 g/mol. The molecule has 0 saturated heterocycles. The van der Waals surface area contributed by atoms with Crippen molar-refractivity contribution < 1.29 is 0 Å². The number of nitrogens with zero attached hydrogens (tertiary/aromatic N) is 2. The zero-order valence-electron chi connectivity index (χ0n) is 8.86. The Labute approximate surface area is 93.6 Å². The summed E-state index contributed by atoms with van der Waals surface area (Å²) < 4.78 is 0. The number of hydrogen-bond acceptors (Lipinski definition) is 4. The van der Waals surface area contributed by atoms with Crippen LogP contribution in [0.3, 0.4) is 0 Å². The molecule has 0 unspecified atom stereocenters. The van der Waals surface area contributed by atoms with Gasteiger partial charge in [0.1, 0.15) is 5.69 Å². The summed E-state index contributed by atoms with van der Waals surface area (Å²) in [6.45, 7) is 1.98. The van der Waals surface area contributed by atoms with Crippen LogP contribution >= 0.6 is 11.3 Å². The van der Waals surface area contributed by atoms with Crippen molar-refractivity contribution in [2.75, 3.05) is 0 Å². The van der Waals surface area contributed by atoms with E-state index < -0.39 is 0 Å². The Morgan fingerprint density at radius 3 is 2.87 bits per heavy atom. The minimum atomic E-state index is 0.429. The van der Waals surface area contributed by atoms with Crippen molar-refractivity contribution in [3.63, 3.8) is 0 Å². The van der Waals surface area contributed by atoms with Gasteiger partial charge in [-0.05, 0) is 19.8 Å². The number of aliphatic imine (C=N–C) groups is 1. The first-order valence-electron chi connectivity index (χ1n) is 5.26. The van der Waals surface area contributed by atoms with Crippen LogP contribution < -0.4 is 11.3 Å². The van der Waals surface area contributed by atoms with Gasteiger partial charge in [-0.1, -0.05) is 12.8 Å². The maximum atomic E-state index is 5.48. The largest absolute Gasteiger partial charge is 0.307 e. The van der Waals surface area contributed by atoms with Gasteiger partial charge in [0.15, 0.2) is 5.84 Å². The van der Waals surface area contributed by atoms with Gasteiger partial charge >= 0.3 is 0 Å². The lowest BCUT2D eigenvalue weighted by molar-refractivity contribution is 0.700. The molecule has 0 aromatic carbocycles. The van der Waals surface area contributed by atoms with Gasteiger partial charge < -0.3 is 5.43 Å². The number of thiazole rings is 1. The molecule has 1 aliphatic carbocycles. The predicted molar refractivity (Wildman–Crippen MR) is 63.0 cm³/mol. The molecule has 1 fully saturated rings. The van der Waals surface area contributed by atoms with Crippen molar-refractivity contribution in [3.8, 4) is 0 Å². The highest BCUT2D eigenvalue weighted by Crippen LogP contribution is 2.21. The molecule has 15 heavy (non-hydrogen) atoms. The van der Waals surface area contributed by atoms with Gasteiger partial charge in [0.2, 0.25) is 0 Å². The Morgan fingerprint density at radius 2 is 2.33 bits per heavy atom. The van der Waals surface area contributed by atoms with Gasteiger partial charge in [0.05, 0.1) is 11.0 Å². The van der Waals surface area contributed by atoms with Crippen molar-refractivity contribution in [2.24, 2.45) is 10.8 Å². The molecule has 0 amide bonds. The van der Waals surface area contributed by atoms with Crippen LogP contribution in [0.4, 0.5) is 0 Å². The second-order valence-corrected chi connectivity index (χ2v) is 4.87. The quantitative estimate of drug-likeness (QED) is 0.347. The molecule has 1 aliphatic rings. The highest BCUT2D eigenvalue weighted by molar-refractivity contribution is 7.09. The lowest BCUT2D eigenvalue weighted by Gasteiger charge is -2.06. The van der Waals surface area contributed by atoms with Crippen LogP contribution in [0.5, 0.6) is 0 Å². The van der Waals surface area contributed by atoms with Crippen molar-refractivity contribution in [3.05, 3.63) is 16.1 Å². The van der Waals surface area contributed by atoms with Crippen molar-refractivity contribution in [1.82, 2.24) is 10.4 Å². The number of hydrogen-bond donors (Lipinski definition) is 2. The molecule has 3 N–H and O–H groups in total. The maximum absolute atomic E-state index is 5.48.